The lowest BCUT2D eigenvalue weighted by atomic mass is 9.73. The highest BCUT2D eigenvalue weighted by Gasteiger charge is 2.41. The Morgan fingerprint density at radius 3 is 2.39 bits per heavy atom. The van der Waals surface area contributed by atoms with Crippen LogP contribution in [0.2, 0.25) is 0 Å². The normalized spacial score (nSPS) is 26.3. The second-order valence-electron chi connectivity index (χ2n) is 15.9. The highest BCUT2D eigenvalue weighted by Crippen LogP contribution is 2.52. The van der Waals surface area contributed by atoms with Gasteiger partial charge in [-0.25, -0.2) is 0 Å². The van der Waals surface area contributed by atoms with Gasteiger partial charge in [0.1, 0.15) is 0 Å². The van der Waals surface area contributed by atoms with E-state index >= 15 is 0 Å². The first-order chi connectivity index (χ1) is 26.8. The fourth-order valence-corrected chi connectivity index (χ4v) is 10.2. The Balaban J connectivity index is 1.05. The predicted octanol–water partition coefficient (Wildman–Crippen LogP) is 13.0. The molecule has 2 heterocycles. The third-order valence-electron chi connectivity index (χ3n) is 12.9. The molecule has 6 unspecified atom stereocenters. The van der Waals surface area contributed by atoms with Gasteiger partial charge in [-0.2, -0.15) is 0 Å². The summed E-state index contributed by atoms with van der Waals surface area (Å²) in [5.41, 5.74) is 13.3. The number of hydrogen-bond donors (Lipinski definition) is 0. The molecule has 6 atom stereocenters. The van der Waals surface area contributed by atoms with Gasteiger partial charge in [-0.1, -0.05) is 151 Å². The summed E-state index contributed by atoms with van der Waals surface area (Å²) in [5.74, 6) is 2.23. The van der Waals surface area contributed by atoms with Crippen molar-refractivity contribution >= 4 is 27.5 Å². The van der Waals surface area contributed by atoms with Gasteiger partial charge in [-0.05, 0) is 96.2 Å². The molecule has 11 rings (SSSR count). The molecule has 6 aliphatic rings. The Bertz CT molecular complexity index is 2580. The quantitative estimate of drug-likeness (QED) is 0.166. The third kappa shape index (κ3) is 5.15. The van der Waals surface area contributed by atoms with E-state index in [0.29, 0.717) is 23.7 Å². The zero-order valence-electron chi connectivity index (χ0n) is 30.5. The first-order valence-corrected chi connectivity index (χ1v) is 20.0. The minimum atomic E-state index is 0.237. The van der Waals surface area contributed by atoms with Crippen molar-refractivity contribution in [3.8, 4) is 16.8 Å². The van der Waals surface area contributed by atoms with E-state index in [1.165, 1.54) is 80.4 Å². The molecule has 0 radical (unpaired) electrons. The van der Waals surface area contributed by atoms with Crippen LogP contribution in [0.4, 0.5) is 5.69 Å². The van der Waals surface area contributed by atoms with E-state index in [9.17, 15) is 0 Å². The van der Waals surface area contributed by atoms with Gasteiger partial charge in [-0.15, -0.1) is 0 Å². The lowest BCUT2D eigenvalue weighted by molar-refractivity contribution is 0.428. The van der Waals surface area contributed by atoms with Crippen LogP contribution in [-0.4, -0.2) is 10.6 Å². The molecule has 5 aliphatic carbocycles. The summed E-state index contributed by atoms with van der Waals surface area (Å²) in [6.07, 6.45) is 42.3. The average molecular weight is 697 g/mol. The lowest BCUT2D eigenvalue weighted by Crippen LogP contribution is -2.33. The average Bonchev–Trinajstić information content (AvgIpc) is 3.77. The number of fused-ring (bicyclic) bond motifs is 8. The lowest BCUT2D eigenvalue weighted by Gasteiger charge is -2.36. The molecule has 0 saturated carbocycles. The molecular weight excluding hydrogens is 653 g/mol. The molecule has 262 valence electrons. The van der Waals surface area contributed by atoms with E-state index in [-0.39, 0.29) is 12.0 Å². The maximum absolute atomic E-state index is 2.64. The van der Waals surface area contributed by atoms with E-state index in [1.54, 1.807) is 5.57 Å². The fourth-order valence-electron chi connectivity index (χ4n) is 10.2. The van der Waals surface area contributed by atoms with E-state index in [0.717, 1.165) is 6.42 Å². The maximum Gasteiger partial charge on any atom is 0.0629 e. The van der Waals surface area contributed by atoms with Crippen LogP contribution in [0.25, 0.3) is 38.6 Å². The highest BCUT2D eigenvalue weighted by molar-refractivity contribution is 6.14. The van der Waals surface area contributed by atoms with Crippen LogP contribution in [0.1, 0.15) is 48.6 Å². The van der Waals surface area contributed by atoms with Crippen LogP contribution in [-0.2, 0) is 0 Å². The van der Waals surface area contributed by atoms with E-state index in [1.807, 2.05) is 0 Å². The number of anilines is 1. The van der Waals surface area contributed by atoms with Gasteiger partial charge in [0.25, 0.3) is 0 Å². The largest absolute Gasteiger partial charge is 0.334 e. The third-order valence-corrected chi connectivity index (χ3v) is 12.9. The van der Waals surface area contributed by atoms with Crippen molar-refractivity contribution in [2.75, 3.05) is 4.90 Å². The molecule has 0 N–H and O–H groups in total. The van der Waals surface area contributed by atoms with Crippen molar-refractivity contribution < 1.29 is 0 Å². The van der Waals surface area contributed by atoms with Crippen LogP contribution in [0, 0.1) is 17.8 Å². The van der Waals surface area contributed by atoms with Crippen LogP contribution in [0.3, 0.4) is 0 Å². The number of nitrogens with zero attached hydrogens (tertiary/aromatic N) is 2. The summed E-state index contributed by atoms with van der Waals surface area (Å²) in [5, 5.41) is 2.69. The Morgan fingerprint density at radius 2 is 1.54 bits per heavy atom. The monoisotopic (exact) mass is 696 g/mol. The van der Waals surface area contributed by atoms with Gasteiger partial charge in [-0.3, -0.25) is 0 Å². The second kappa shape index (κ2) is 12.9. The first-order valence-electron chi connectivity index (χ1n) is 20.0. The molecule has 0 saturated heterocycles. The van der Waals surface area contributed by atoms with Crippen LogP contribution >= 0.6 is 0 Å². The van der Waals surface area contributed by atoms with E-state index in [2.05, 4.69) is 192 Å². The van der Waals surface area contributed by atoms with Gasteiger partial charge in [0.15, 0.2) is 0 Å². The predicted molar refractivity (Wildman–Crippen MR) is 227 cm³/mol. The molecule has 2 nitrogen and oxygen atoms in total. The molecule has 2 heteroatoms. The molecule has 4 aromatic carbocycles. The van der Waals surface area contributed by atoms with Crippen molar-refractivity contribution in [2.24, 2.45) is 17.8 Å². The van der Waals surface area contributed by atoms with Crippen molar-refractivity contribution in [3.05, 3.63) is 205 Å². The minimum Gasteiger partial charge on any atom is -0.334 e. The van der Waals surface area contributed by atoms with Gasteiger partial charge >= 0.3 is 0 Å². The zero-order chi connectivity index (χ0) is 35.6. The Hall–Kier alpha value is -5.86. The maximum atomic E-state index is 2.64. The Kier molecular flexibility index (Phi) is 7.57. The van der Waals surface area contributed by atoms with E-state index < -0.39 is 0 Å². The topological polar surface area (TPSA) is 8.17 Å². The summed E-state index contributed by atoms with van der Waals surface area (Å²) < 4.78 is 2.52. The SMILES string of the molecule is C1=CCCC(C2C=CC3C=C(N4c5ccc6c(c5C5C=CC=CC54)c4ccc(-c5ccccc5)cc4n6-c4ccc(C5C=CC=CC5)cc4)C=CC3C2)=C1. The minimum absolute atomic E-state index is 0.237. The highest BCUT2D eigenvalue weighted by atomic mass is 15.2. The zero-order valence-corrected chi connectivity index (χ0v) is 30.5. The van der Waals surface area contributed by atoms with E-state index in [4.69, 9.17) is 0 Å². The number of benzene rings is 4. The van der Waals surface area contributed by atoms with Gasteiger partial charge in [0, 0.05) is 45.6 Å². The van der Waals surface area contributed by atoms with Crippen LogP contribution in [0.15, 0.2) is 193 Å². The van der Waals surface area contributed by atoms with Crippen molar-refractivity contribution in [1.29, 1.82) is 0 Å². The molecule has 54 heavy (non-hydrogen) atoms. The van der Waals surface area contributed by atoms with Crippen molar-refractivity contribution in [2.45, 2.75) is 43.6 Å². The summed E-state index contributed by atoms with van der Waals surface area (Å²) in [7, 11) is 0. The molecule has 0 fully saturated rings. The Morgan fingerprint density at radius 1 is 0.648 bits per heavy atom. The van der Waals surface area contributed by atoms with Crippen molar-refractivity contribution in [1.82, 2.24) is 4.57 Å². The molecule has 5 aromatic rings. The smallest absolute Gasteiger partial charge is 0.0629 e. The molecular formula is C52H44N2. The number of aromatic nitrogens is 1. The molecule has 1 aliphatic heterocycles. The summed E-state index contributed by atoms with van der Waals surface area (Å²) >= 11 is 0. The van der Waals surface area contributed by atoms with Gasteiger partial charge in [0.05, 0.1) is 17.1 Å². The standard InChI is InChI=1S/C52H44N2/c1-4-12-35(13-5-1)38-22-26-43(27-23-38)53-48-30-31-49-51(52(48)46-29-25-42(34-50(46)53)37-16-8-3-9-17-37)45-18-10-11-19-47(45)54(49)44-28-24-40-32-39(20-21-41(40)33-44)36-14-6-2-7-15-36/h1-6,8-12,14,16-31,33-35,39-41,45,47H,7,13,15,32H2. The molecule has 1 aromatic heterocycles. The number of allylic oxidation sites excluding steroid dienone is 15. The summed E-state index contributed by atoms with van der Waals surface area (Å²) in [6, 6.07) is 32.3. The van der Waals surface area contributed by atoms with Crippen LogP contribution in [0.5, 0.6) is 0 Å². The van der Waals surface area contributed by atoms with Crippen LogP contribution < -0.4 is 4.90 Å². The summed E-state index contributed by atoms with van der Waals surface area (Å²) in [6.45, 7) is 0. The second-order valence-corrected chi connectivity index (χ2v) is 15.9. The Labute approximate surface area is 318 Å². The summed E-state index contributed by atoms with van der Waals surface area (Å²) in [4.78, 5) is 2.64. The van der Waals surface area contributed by atoms with Gasteiger partial charge < -0.3 is 9.47 Å². The molecule has 0 amide bonds. The molecule has 0 bridgehead atoms. The first kappa shape index (κ1) is 31.6. The van der Waals surface area contributed by atoms with Crippen molar-refractivity contribution in [3.63, 3.8) is 0 Å². The number of rotatable bonds is 5. The number of hydrogen-bond acceptors (Lipinski definition) is 1. The van der Waals surface area contributed by atoms with Gasteiger partial charge in [0.2, 0.25) is 0 Å². The molecule has 0 spiro atoms. The fraction of sp³-hybridized carbons (Fsp3) is 0.192.